The Bertz CT molecular complexity index is 488. The van der Waals surface area contributed by atoms with Gasteiger partial charge in [-0.1, -0.05) is 71.9 Å². The summed E-state index contributed by atoms with van der Waals surface area (Å²) in [5.74, 6) is 1.11. The van der Waals surface area contributed by atoms with Crippen LogP contribution in [-0.4, -0.2) is 8.32 Å². The first-order chi connectivity index (χ1) is 9.09. The Kier molecular flexibility index (Phi) is 3.66. The fourth-order valence-electron chi connectivity index (χ4n) is 4.06. The third kappa shape index (κ3) is 2.24. The lowest BCUT2D eigenvalue weighted by Gasteiger charge is -2.51. The van der Waals surface area contributed by atoms with Crippen molar-refractivity contribution in [3.05, 3.63) is 47.7 Å². The molecule has 0 amide bonds. The molecule has 110 valence electrons. The van der Waals surface area contributed by atoms with Crippen LogP contribution >= 0.6 is 0 Å². The first kappa shape index (κ1) is 15.4. The smallest absolute Gasteiger partial charge is 0.272 e. The van der Waals surface area contributed by atoms with Crippen molar-refractivity contribution in [3.63, 3.8) is 0 Å². The molecule has 0 radical (unpaired) electrons. The zero-order valence-corrected chi connectivity index (χ0v) is 14.9. The van der Waals surface area contributed by atoms with Crippen LogP contribution in [0.25, 0.3) is 0 Å². The van der Waals surface area contributed by atoms with Crippen molar-refractivity contribution in [2.45, 2.75) is 64.1 Å². The molecular formula is C18H28OSi. The summed E-state index contributed by atoms with van der Waals surface area (Å²) >= 11 is 0. The van der Waals surface area contributed by atoms with Crippen LogP contribution in [0, 0.1) is 0 Å². The molecular weight excluding hydrogens is 260 g/mol. The van der Waals surface area contributed by atoms with Crippen LogP contribution in [0.5, 0.6) is 0 Å². The topological polar surface area (TPSA) is 9.23 Å². The summed E-state index contributed by atoms with van der Waals surface area (Å²) in [6.07, 6.45) is 2.36. The summed E-state index contributed by atoms with van der Waals surface area (Å²) in [5.41, 5.74) is 1.84. The van der Waals surface area contributed by atoms with Crippen LogP contribution in [0.4, 0.5) is 0 Å². The van der Waals surface area contributed by atoms with Crippen LogP contribution in [0.3, 0.4) is 0 Å². The van der Waals surface area contributed by atoms with E-state index in [0.717, 1.165) is 5.76 Å². The van der Waals surface area contributed by atoms with Crippen LogP contribution in [0.15, 0.2) is 42.2 Å². The molecule has 1 aromatic rings. The number of hydrogen-bond donors (Lipinski definition) is 0. The van der Waals surface area contributed by atoms with Gasteiger partial charge in [-0.15, -0.1) is 0 Å². The van der Waals surface area contributed by atoms with Gasteiger partial charge in [0.05, 0.1) is 5.76 Å². The quantitative estimate of drug-likeness (QED) is 0.594. The minimum absolute atomic E-state index is 0.181. The lowest BCUT2D eigenvalue weighted by atomic mass is 10.1. The largest absolute Gasteiger partial charge is 0.545 e. The van der Waals surface area contributed by atoms with E-state index in [9.17, 15) is 0 Å². The fraction of sp³-hybridized carbons (Fsp3) is 0.556. The minimum atomic E-state index is -2.06. The van der Waals surface area contributed by atoms with E-state index in [1.54, 1.807) is 0 Å². The normalized spacial score (nSPS) is 22.4. The molecule has 1 nitrogen and oxygen atoms in total. The molecule has 1 atom stereocenters. The predicted molar refractivity (Wildman–Crippen MR) is 89.2 cm³/mol. The van der Waals surface area contributed by atoms with Crippen LogP contribution in [0.1, 0.15) is 59.6 Å². The monoisotopic (exact) mass is 288 g/mol. The van der Waals surface area contributed by atoms with Gasteiger partial charge in [0.25, 0.3) is 8.32 Å². The molecule has 2 rings (SSSR count). The Morgan fingerprint density at radius 1 is 0.900 bits per heavy atom. The molecule has 1 unspecified atom stereocenters. The van der Waals surface area contributed by atoms with Crippen LogP contribution < -0.4 is 0 Å². The zero-order valence-electron chi connectivity index (χ0n) is 13.9. The first-order valence-electron chi connectivity index (χ1n) is 7.52. The molecule has 0 aliphatic carbocycles. The summed E-state index contributed by atoms with van der Waals surface area (Å²) in [6, 6.07) is 10.9. The second-order valence-electron chi connectivity index (χ2n) is 8.00. The number of hydrogen-bond acceptors (Lipinski definition) is 1. The highest BCUT2D eigenvalue weighted by Gasteiger charge is 2.63. The predicted octanol–water partition coefficient (Wildman–Crippen LogP) is 5.79. The molecule has 0 saturated carbocycles. The molecule has 1 aliphatic rings. The van der Waals surface area contributed by atoms with Gasteiger partial charge in [0, 0.05) is 5.54 Å². The van der Waals surface area contributed by atoms with Crippen molar-refractivity contribution in [1.82, 2.24) is 0 Å². The van der Waals surface area contributed by atoms with Gasteiger partial charge in [0.15, 0.2) is 0 Å². The van der Waals surface area contributed by atoms with Gasteiger partial charge in [-0.05, 0) is 28.6 Å². The van der Waals surface area contributed by atoms with E-state index >= 15 is 0 Å². The molecule has 0 fully saturated rings. The van der Waals surface area contributed by atoms with Gasteiger partial charge in [-0.2, -0.15) is 0 Å². The Morgan fingerprint density at radius 3 is 1.85 bits per heavy atom. The van der Waals surface area contributed by atoms with Crippen molar-refractivity contribution in [3.8, 4) is 0 Å². The van der Waals surface area contributed by atoms with E-state index in [0.29, 0.717) is 5.54 Å². The molecule has 0 bridgehead atoms. The third-order valence-electron chi connectivity index (χ3n) is 4.55. The maximum Gasteiger partial charge on any atom is 0.272 e. The Hall–Kier alpha value is -1.02. The van der Waals surface area contributed by atoms with E-state index in [2.05, 4.69) is 84.9 Å². The average molecular weight is 289 g/mol. The van der Waals surface area contributed by atoms with E-state index in [-0.39, 0.29) is 10.1 Å². The summed E-state index contributed by atoms with van der Waals surface area (Å²) < 4.78 is 6.64. The van der Waals surface area contributed by atoms with Crippen molar-refractivity contribution in [2.24, 2.45) is 0 Å². The zero-order chi connectivity index (χ0) is 15.2. The van der Waals surface area contributed by atoms with Crippen LogP contribution in [0.2, 0.25) is 10.1 Å². The molecule has 1 heterocycles. The Labute approximate surface area is 125 Å². The molecule has 1 aromatic carbocycles. The molecule has 20 heavy (non-hydrogen) atoms. The summed E-state index contributed by atoms with van der Waals surface area (Å²) in [4.78, 5) is 0. The van der Waals surface area contributed by atoms with Gasteiger partial charge in [0.2, 0.25) is 0 Å². The highest BCUT2D eigenvalue weighted by atomic mass is 28.4. The standard InChI is InChI=1S/C18H28OSi/c1-14-13-16(15-11-9-8-10-12-15)20(19-14,17(2,3)4)18(5,6)7/h8-13,16H,1-7H3. The van der Waals surface area contributed by atoms with Crippen LogP contribution in [-0.2, 0) is 4.43 Å². The SMILES string of the molecule is CC1=CC(c2ccccc2)[Si](C(C)(C)C)(C(C)(C)C)O1. The van der Waals surface area contributed by atoms with Gasteiger partial charge >= 0.3 is 0 Å². The van der Waals surface area contributed by atoms with Gasteiger partial charge in [0.1, 0.15) is 0 Å². The Balaban J connectivity index is 2.63. The van der Waals surface area contributed by atoms with Gasteiger partial charge in [-0.25, -0.2) is 0 Å². The van der Waals surface area contributed by atoms with Crippen molar-refractivity contribution >= 4 is 8.32 Å². The fourth-order valence-corrected chi connectivity index (χ4v) is 10.6. The maximum atomic E-state index is 6.64. The molecule has 0 spiro atoms. The van der Waals surface area contributed by atoms with E-state index in [4.69, 9.17) is 4.43 Å². The van der Waals surface area contributed by atoms with E-state index in [1.807, 2.05) is 0 Å². The molecule has 1 aliphatic heterocycles. The summed E-state index contributed by atoms with van der Waals surface area (Å²) in [6.45, 7) is 16.2. The van der Waals surface area contributed by atoms with Crippen molar-refractivity contribution in [1.29, 1.82) is 0 Å². The number of allylic oxidation sites excluding steroid dienone is 2. The minimum Gasteiger partial charge on any atom is -0.545 e. The average Bonchev–Trinajstić information content (AvgIpc) is 2.68. The van der Waals surface area contributed by atoms with Gasteiger partial charge in [-0.3, -0.25) is 0 Å². The van der Waals surface area contributed by atoms with Crippen molar-refractivity contribution in [2.75, 3.05) is 0 Å². The summed E-state index contributed by atoms with van der Waals surface area (Å²) in [5, 5.41) is 0.361. The molecule has 0 N–H and O–H groups in total. The van der Waals surface area contributed by atoms with Gasteiger partial charge < -0.3 is 4.43 Å². The maximum absolute atomic E-state index is 6.64. The van der Waals surface area contributed by atoms with E-state index in [1.165, 1.54) is 5.56 Å². The molecule has 0 aromatic heterocycles. The summed E-state index contributed by atoms with van der Waals surface area (Å²) in [7, 11) is -2.06. The second-order valence-corrected chi connectivity index (χ2v) is 13.3. The Morgan fingerprint density at radius 2 is 1.40 bits per heavy atom. The first-order valence-corrected chi connectivity index (χ1v) is 9.50. The molecule has 0 saturated heterocycles. The van der Waals surface area contributed by atoms with Crippen molar-refractivity contribution < 1.29 is 4.43 Å². The number of rotatable bonds is 1. The highest BCUT2D eigenvalue weighted by Crippen LogP contribution is 2.61. The lowest BCUT2D eigenvalue weighted by Crippen LogP contribution is -2.56. The van der Waals surface area contributed by atoms with E-state index < -0.39 is 8.32 Å². The lowest BCUT2D eigenvalue weighted by molar-refractivity contribution is 0.351. The third-order valence-corrected chi connectivity index (χ3v) is 11.0. The highest BCUT2D eigenvalue weighted by molar-refractivity contribution is 6.82. The number of benzene rings is 1. The molecule has 2 heteroatoms. The second kappa shape index (κ2) is 4.76.